The lowest BCUT2D eigenvalue weighted by molar-refractivity contribution is -0.172. The number of benzene rings is 1. The number of ether oxygens (including phenoxy) is 4. The van der Waals surface area contributed by atoms with Crippen molar-refractivity contribution in [3.63, 3.8) is 0 Å². The monoisotopic (exact) mass is 1110 g/mol. The van der Waals surface area contributed by atoms with Crippen molar-refractivity contribution in [2.45, 2.75) is 134 Å². The highest BCUT2D eigenvalue weighted by atomic mass is 32.1. The van der Waals surface area contributed by atoms with Gasteiger partial charge in [0.1, 0.15) is 23.4 Å². The third-order valence-electron chi connectivity index (χ3n) is 18.9. The summed E-state index contributed by atoms with van der Waals surface area (Å²) < 4.78 is 32.7. The van der Waals surface area contributed by atoms with Crippen molar-refractivity contribution in [2.75, 3.05) is 77.7 Å². The first kappa shape index (κ1) is 53.5. The van der Waals surface area contributed by atoms with Gasteiger partial charge in [0, 0.05) is 123 Å². The summed E-state index contributed by atoms with van der Waals surface area (Å²) in [5, 5.41) is 18.9. The van der Waals surface area contributed by atoms with E-state index in [9.17, 15) is 14.9 Å². The predicted octanol–water partition coefficient (Wildman–Crippen LogP) is 7.04. The molecule has 424 valence electrons. The molecule has 9 aliphatic rings. The van der Waals surface area contributed by atoms with Gasteiger partial charge in [0.2, 0.25) is 5.91 Å². The van der Waals surface area contributed by atoms with E-state index in [-0.39, 0.29) is 60.3 Å². The highest BCUT2D eigenvalue weighted by molar-refractivity contribution is 7.10. The van der Waals surface area contributed by atoms with Crippen LogP contribution in [0.1, 0.15) is 113 Å². The van der Waals surface area contributed by atoms with Gasteiger partial charge in [-0.3, -0.25) is 34.2 Å². The number of carbonyl (C=O) groups is 3. The fourth-order valence-corrected chi connectivity index (χ4v) is 14.9. The predicted molar refractivity (Wildman–Crippen MR) is 299 cm³/mol. The number of pyridine rings is 1. The Morgan fingerprint density at radius 1 is 1.02 bits per heavy atom. The molecule has 2 amide bonds. The number of hydrazine groups is 1. The Morgan fingerprint density at radius 3 is 2.58 bits per heavy atom. The lowest BCUT2D eigenvalue weighted by atomic mass is 9.73. The number of cyclic esters (lactones) is 1. The first-order chi connectivity index (χ1) is 38.8. The summed E-state index contributed by atoms with van der Waals surface area (Å²) in [6, 6.07) is 9.28. The SMILES string of the molecule is CO[C@@H](C)c1ncc(N2CCN(C3CC3)CC2)cc1-c1c2c3cc(ccc3n1CCOC1CCOCC1)-c1csc(n1)[C@@H](N1CC[C@@H](C#N)C1)[C@H](NC(=O)[C@@H]1[C@@H](C)[C@H]1c1cocn1)C(=O)N1N[C@H](C(=O)OCC(C)(C)C2)C2CC1C2. The molecule has 1 aromatic carbocycles. The molecule has 8 atom stereocenters. The van der Waals surface area contributed by atoms with E-state index in [1.54, 1.807) is 18.4 Å². The minimum atomic E-state index is -1.12. The lowest BCUT2D eigenvalue weighted by Crippen LogP contribution is -2.72. The smallest absolute Gasteiger partial charge is 0.325 e. The summed E-state index contributed by atoms with van der Waals surface area (Å²) in [5.74, 6) is -1.94. The normalized spacial score (nSPS) is 29.7. The van der Waals surface area contributed by atoms with E-state index in [1.807, 2.05) is 13.1 Å². The first-order valence-electron chi connectivity index (χ1n) is 29.2. The molecule has 0 radical (unpaired) electrons. The van der Waals surface area contributed by atoms with Gasteiger partial charge >= 0.3 is 5.97 Å². The molecule has 80 heavy (non-hydrogen) atoms. The van der Waals surface area contributed by atoms with E-state index in [2.05, 4.69) is 91.5 Å². The summed E-state index contributed by atoms with van der Waals surface area (Å²) in [5.41, 5.74) is 11.2. The van der Waals surface area contributed by atoms with E-state index in [0.717, 1.165) is 89.4 Å². The Balaban J connectivity index is 0.954. The second-order valence-electron chi connectivity index (χ2n) is 24.7. The van der Waals surface area contributed by atoms with Crippen LogP contribution >= 0.6 is 11.3 Å². The van der Waals surface area contributed by atoms with Crippen molar-refractivity contribution in [3.05, 3.63) is 70.5 Å². The van der Waals surface area contributed by atoms with Gasteiger partial charge in [0.25, 0.3) is 5.91 Å². The molecule has 5 aromatic rings. The molecule has 20 heteroatoms. The molecule has 0 unspecified atom stereocenters. The van der Waals surface area contributed by atoms with E-state index in [0.29, 0.717) is 81.9 Å². The van der Waals surface area contributed by atoms with Crippen LogP contribution in [0.5, 0.6) is 0 Å². The van der Waals surface area contributed by atoms with Gasteiger partial charge in [0.15, 0.2) is 6.39 Å². The number of aromatic nitrogens is 4. The van der Waals surface area contributed by atoms with Gasteiger partial charge in [0.05, 0.1) is 78.1 Å². The van der Waals surface area contributed by atoms with Crippen LogP contribution in [0, 0.1) is 40.4 Å². The maximum Gasteiger partial charge on any atom is 0.325 e. The second-order valence-corrected chi connectivity index (χ2v) is 25.6. The molecule has 14 rings (SSSR count). The van der Waals surface area contributed by atoms with Crippen LogP contribution in [0.3, 0.4) is 0 Å². The van der Waals surface area contributed by atoms with Crippen LogP contribution in [-0.4, -0.2) is 155 Å². The van der Waals surface area contributed by atoms with Crippen molar-refractivity contribution in [1.29, 1.82) is 5.26 Å². The Bertz CT molecular complexity index is 3150. The summed E-state index contributed by atoms with van der Waals surface area (Å²) in [4.78, 5) is 67.4. The lowest BCUT2D eigenvalue weighted by Gasteiger charge is -2.53. The first-order valence-corrected chi connectivity index (χ1v) is 30.1. The number of rotatable bonds is 13. The number of carbonyl (C=O) groups excluding carboxylic acids is 3. The molecule has 8 bridgehead atoms. The third-order valence-corrected chi connectivity index (χ3v) is 19.8. The summed E-state index contributed by atoms with van der Waals surface area (Å²) >= 11 is 1.46. The van der Waals surface area contributed by atoms with Crippen LogP contribution in [0.4, 0.5) is 5.69 Å². The Hall–Kier alpha value is -5.79. The summed E-state index contributed by atoms with van der Waals surface area (Å²) in [6.07, 6.45) is 11.4. The van der Waals surface area contributed by atoms with Crippen LogP contribution in [-0.2, 0) is 46.3 Å². The molecule has 2 N–H and O–H groups in total. The fourth-order valence-electron chi connectivity index (χ4n) is 13.9. The average Bonchev–Trinajstić information content (AvgIpc) is 4.24. The molecule has 5 saturated heterocycles. The van der Waals surface area contributed by atoms with Crippen molar-refractivity contribution in [2.24, 2.45) is 29.1 Å². The number of nitriles is 1. The number of nitrogens with one attached hydrogen (secondary N) is 2. The molecule has 8 fully saturated rings. The second kappa shape index (κ2) is 21.8. The Kier molecular flexibility index (Phi) is 14.6. The minimum Gasteiger partial charge on any atom is -0.464 e. The van der Waals surface area contributed by atoms with Gasteiger partial charge in [-0.15, -0.1) is 11.3 Å². The van der Waals surface area contributed by atoms with Crippen LogP contribution in [0.15, 0.2) is 52.9 Å². The number of amides is 2. The molecule has 4 aromatic heterocycles. The summed E-state index contributed by atoms with van der Waals surface area (Å²) in [7, 11) is 1.74. The van der Waals surface area contributed by atoms with E-state index in [4.69, 9.17) is 33.3 Å². The minimum absolute atomic E-state index is 0.0230. The van der Waals surface area contributed by atoms with Crippen LogP contribution < -0.4 is 15.6 Å². The zero-order valence-electron chi connectivity index (χ0n) is 46.7. The van der Waals surface area contributed by atoms with Crippen LogP contribution in [0.25, 0.3) is 33.4 Å². The fraction of sp³-hybridized carbons (Fsp3) is 0.617. The van der Waals surface area contributed by atoms with Gasteiger partial charge in [-0.1, -0.05) is 26.8 Å². The van der Waals surface area contributed by atoms with Crippen molar-refractivity contribution < 1.29 is 37.7 Å². The Labute approximate surface area is 471 Å². The molecule has 3 saturated carbocycles. The number of likely N-dealkylation sites (tertiary alicyclic amines) is 1. The van der Waals surface area contributed by atoms with Gasteiger partial charge in [-0.05, 0) is 93.9 Å². The van der Waals surface area contributed by atoms with Gasteiger partial charge in [-0.25, -0.2) is 15.4 Å². The number of fused-ring (bicyclic) bond motifs is 4. The quantitative estimate of drug-likeness (QED) is 0.113. The van der Waals surface area contributed by atoms with Crippen LogP contribution in [0.2, 0.25) is 0 Å². The molecule has 0 spiro atoms. The molecular weight excluding hydrogens is 1030 g/mol. The number of anilines is 1. The van der Waals surface area contributed by atoms with E-state index in [1.165, 1.54) is 30.6 Å². The molecule has 10 heterocycles. The van der Waals surface area contributed by atoms with E-state index < -0.39 is 35.4 Å². The third kappa shape index (κ3) is 10.2. The highest BCUT2D eigenvalue weighted by Gasteiger charge is 2.57. The molecule has 3 aliphatic carbocycles. The number of methoxy groups -OCH3 is 1. The van der Waals surface area contributed by atoms with Gasteiger partial charge < -0.3 is 38.1 Å². The summed E-state index contributed by atoms with van der Waals surface area (Å²) in [6.45, 7) is 15.7. The topological polar surface area (TPSA) is 206 Å². The highest BCUT2D eigenvalue weighted by Crippen LogP contribution is 2.54. The average molecular weight is 1110 g/mol. The number of piperazine rings is 1. The number of esters is 1. The maximum absolute atomic E-state index is 15.6. The largest absolute Gasteiger partial charge is 0.464 e. The van der Waals surface area contributed by atoms with Crippen molar-refractivity contribution >= 4 is 45.7 Å². The standard InChI is InChI=1S/C60H75N11O8S/c1-34-49(46-30-77-33-63-46)50(34)56(72)65-53-55(69-13-10-36(27-61)29-69)57-64-47(31-80-57)37-6-9-48-43(24-37)45(26-60(3,4)32-79-59(74)52-38-22-40(23-38)71(66-52)58(53)73)54(70(48)18-21-78-42-11-19-76-20-12-42)44-25-41(28-62-51(44)35(2)75-5)68-16-14-67(15-17-68)39-7-8-39/h6,9,24-25,28,30-31,33-36,38-40,42,49-50,52-53,55,66H,7-8,10-23,26,29,32H2,1-5H3,(H,65,72)/t34-,35-,36-,38?,40?,49-,50+,52-,53-,55-/m0/s1. The maximum atomic E-state index is 15.6. The number of hydrogen-bond donors (Lipinski definition) is 2. The Morgan fingerprint density at radius 2 is 1.84 bits per heavy atom. The number of hydrogen-bond acceptors (Lipinski definition) is 17. The number of thiazole rings is 1. The zero-order valence-corrected chi connectivity index (χ0v) is 47.5. The zero-order chi connectivity index (χ0) is 55.0. The molecular formula is C60H75N11O8S. The van der Waals surface area contributed by atoms with Crippen molar-refractivity contribution in [3.8, 4) is 28.6 Å². The number of nitrogens with zero attached hydrogens (tertiary/aromatic N) is 9. The number of oxazole rings is 1. The van der Waals surface area contributed by atoms with Crippen molar-refractivity contribution in [1.82, 2.24) is 45.1 Å². The molecule has 6 aliphatic heterocycles. The molecule has 19 nitrogen and oxygen atoms in total. The van der Waals surface area contributed by atoms with E-state index >= 15 is 4.79 Å². The van der Waals surface area contributed by atoms with Gasteiger partial charge in [-0.2, -0.15) is 5.26 Å².